The van der Waals surface area contributed by atoms with Gasteiger partial charge < -0.3 is 10.2 Å². The van der Waals surface area contributed by atoms with Gasteiger partial charge in [-0.2, -0.15) is 0 Å². The van der Waals surface area contributed by atoms with Gasteiger partial charge in [-0.15, -0.1) is 0 Å². The van der Waals surface area contributed by atoms with Crippen molar-refractivity contribution in [1.29, 1.82) is 5.41 Å². The van der Waals surface area contributed by atoms with Gasteiger partial charge in [0.15, 0.2) is 0 Å². The second kappa shape index (κ2) is 4.14. The number of aliphatic imine (C=N–C) groups is 1. The van der Waals surface area contributed by atoms with E-state index in [2.05, 4.69) is 4.99 Å². The summed E-state index contributed by atoms with van der Waals surface area (Å²) in [5, 5.41) is 24.3. The first-order valence-electron chi connectivity index (χ1n) is 3.02. The lowest BCUT2D eigenvalue weighted by molar-refractivity contribution is 0.258. The summed E-state index contributed by atoms with van der Waals surface area (Å²) in [6, 6.07) is 0. The smallest absolute Gasteiger partial charge is 0.148 e. The highest BCUT2D eigenvalue weighted by atomic mass is 16.3. The van der Waals surface area contributed by atoms with Crippen LogP contribution < -0.4 is 0 Å². The number of aliphatic hydroxyl groups excluding tert-OH is 2. The van der Waals surface area contributed by atoms with Crippen LogP contribution in [0.25, 0.3) is 0 Å². The van der Waals surface area contributed by atoms with Crippen LogP contribution in [0.15, 0.2) is 4.99 Å². The normalized spacial score (nSPS) is 17.2. The van der Waals surface area contributed by atoms with Crippen molar-refractivity contribution in [2.24, 2.45) is 4.99 Å². The molecule has 4 nitrogen and oxygen atoms in total. The molecule has 0 aliphatic rings. The van der Waals surface area contributed by atoms with Crippen molar-refractivity contribution in [2.75, 3.05) is 0 Å². The summed E-state index contributed by atoms with van der Waals surface area (Å²) in [6.45, 7) is 2.97. The Morgan fingerprint density at radius 2 is 2.00 bits per heavy atom. The largest absolute Gasteiger partial charge is 0.388 e. The molecule has 2 unspecified atom stereocenters. The molecule has 3 N–H and O–H groups in total. The van der Waals surface area contributed by atoms with Crippen LogP contribution >= 0.6 is 0 Å². The summed E-state index contributed by atoms with van der Waals surface area (Å²) >= 11 is 0. The third-order valence-corrected chi connectivity index (χ3v) is 0.825. The van der Waals surface area contributed by atoms with E-state index in [4.69, 9.17) is 15.6 Å². The molecule has 0 aliphatic carbocycles. The Balaban J connectivity index is 3.79. The van der Waals surface area contributed by atoms with Gasteiger partial charge in [0.1, 0.15) is 11.9 Å². The van der Waals surface area contributed by atoms with E-state index >= 15 is 0 Å². The Bertz CT molecular complexity index is 141. The number of rotatable bonds is 2. The van der Waals surface area contributed by atoms with Crippen LogP contribution in [0.5, 0.6) is 0 Å². The van der Waals surface area contributed by atoms with E-state index in [9.17, 15) is 0 Å². The maximum Gasteiger partial charge on any atom is 0.148 e. The minimum Gasteiger partial charge on any atom is -0.388 e. The van der Waals surface area contributed by atoms with Gasteiger partial charge in [0, 0.05) is 6.21 Å². The molecule has 0 saturated carbocycles. The van der Waals surface area contributed by atoms with Crippen molar-refractivity contribution >= 4 is 12.1 Å². The molecule has 0 aromatic rings. The number of aliphatic hydroxyl groups is 2. The van der Waals surface area contributed by atoms with Crippen LogP contribution in [0, 0.1) is 5.41 Å². The van der Waals surface area contributed by atoms with Crippen molar-refractivity contribution in [3.8, 4) is 0 Å². The minimum absolute atomic E-state index is 0.138. The first-order chi connectivity index (χ1) is 4.54. The molecule has 0 radical (unpaired) electrons. The molecule has 0 aromatic heterocycles. The number of hydrogen-bond acceptors (Lipinski definition) is 3. The van der Waals surface area contributed by atoms with E-state index in [0.717, 1.165) is 0 Å². The molecule has 0 aliphatic heterocycles. The Hall–Kier alpha value is -0.740. The highest BCUT2D eigenvalue weighted by Crippen LogP contribution is 1.85. The number of nitrogens with one attached hydrogen (secondary N) is 1. The zero-order valence-corrected chi connectivity index (χ0v) is 6.07. The zero-order valence-electron chi connectivity index (χ0n) is 6.07. The molecular weight excluding hydrogens is 132 g/mol. The van der Waals surface area contributed by atoms with E-state index < -0.39 is 12.2 Å². The number of hydrogen-bond donors (Lipinski definition) is 3. The van der Waals surface area contributed by atoms with Crippen molar-refractivity contribution in [1.82, 2.24) is 0 Å². The van der Waals surface area contributed by atoms with Crippen LogP contribution in [0.1, 0.15) is 13.8 Å². The Labute approximate surface area is 59.7 Å². The second-order valence-electron chi connectivity index (χ2n) is 2.08. The standard InChI is InChI=1S/C6H12N2O2/c1-4(9)3-8-6(7)5(2)10/h3-5,7,9-10H,1-2H3/b7-6?,8-3-. The molecular formula is C6H12N2O2. The van der Waals surface area contributed by atoms with Crippen molar-refractivity contribution in [3.05, 3.63) is 0 Å². The van der Waals surface area contributed by atoms with Crippen LogP contribution in [0.3, 0.4) is 0 Å². The molecule has 4 heteroatoms. The summed E-state index contributed by atoms with van der Waals surface area (Å²) < 4.78 is 0. The van der Waals surface area contributed by atoms with E-state index in [-0.39, 0.29) is 5.84 Å². The lowest BCUT2D eigenvalue weighted by Crippen LogP contribution is -2.14. The third kappa shape index (κ3) is 4.17. The van der Waals surface area contributed by atoms with Crippen LogP contribution in [0.2, 0.25) is 0 Å². The predicted molar refractivity (Wildman–Crippen MR) is 39.6 cm³/mol. The monoisotopic (exact) mass is 144 g/mol. The molecule has 10 heavy (non-hydrogen) atoms. The fraction of sp³-hybridized carbons (Fsp3) is 0.667. The number of amidine groups is 1. The molecule has 0 bridgehead atoms. The Kier molecular flexibility index (Phi) is 3.83. The topological polar surface area (TPSA) is 76.7 Å². The SMILES string of the molecule is CC(O)/C=N\C(=N)C(C)O. The van der Waals surface area contributed by atoms with Gasteiger partial charge in [-0.3, -0.25) is 5.41 Å². The van der Waals surface area contributed by atoms with Crippen molar-refractivity contribution < 1.29 is 10.2 Å². The van der Waals surface area contributed by atoms with E-state index in [1.54, 1.807) is 0 Å². The first kappa shape index (κ1) is 9.26. The summed E-state index contributed by atoms with van der Waals surface area (Å²) in [6.07, 6.45) is -0.330. The summed E-state index contributed by atoms with van der Waals surface area (Å²) in [4.78, 5) is 3.48. The summed E-state index contributed by atoms with van der Waals surface area (Å²) in [5.74, 6) is -0.138. The molecule has 0 heterocycles. The quantitative estimate of drug-likeness (QED) is 0.370. The maximum absolute atomic E-state index is 8.71. The molecule has 0 fully saturated rings. The maximum atomic E-state index is 8.71. The van der Waals surface area contributed by atoms with Gasteiger partial charge in [0.2, 0.25) is 0 Å². The molecule has 0 rings (SSSR count). The highest BCUT2D eigenvalue weighted by Gasteiger charge is 2.00. The Morgan fingerprint density at radius 1 is 1.50 bits per heavy atom. The first-order valence-corrected chi connectivity index (χ1v) is 3.02. The lowest BCUT2D eigenvalue weighted by Gasteiger charge is -1.99. The summed E-state index contributed by atoms with van der Waals surface area (Å²) in [7, 11) is 0. The van der Waals surface area contributed by atoms with Gasteiger partial charge >= 0.3 is 0 Å². The third-order valence-electron chi connectivity index (χ3n) is 0.825. The Morgan fingerprint density at radius 3 is 2.30 bits per heavy atom. The van der Waals surface area contributed by atoms with Gasteiger partial charge in [-0.25, -0.2) is 4.99 Å². The van der Waals surface area contributed by atoms with Gasteiger partial charge in [0.05, 0.1) is 6.10 Å². The average molecular weight is 144 g/mol. The fourth-order valence-electron chi connectivity index (χ4n) is 0.296. The minimum atomic E-state index is -0.866. The van der Waals surface area contributed by atoms with E-state index in [1.165, 1.54) is 20.1 Å². The van der Waals surface area contributed by atoms with E-state index in [1.807, 2.05) is 0 Å². The van der Waals surface area contributed by atoms with Gasteiger partial charge in [0.25, 0.3) is 0 Å². The van der Waals surface area contributed by atoms with Crippen LogP contribution in [-0.2, 0) is 0 Å². The number of nitrogens with zero attached hydrogens (tertiary/aromatic N) is 1. The molecule has 0 amide bonds. The molecule has 58 valence electrons. The van der Waals surface area contributed by atoms with Crippen molar-refractivity contribution in [3.63, 3.8) is 0 Å². The van der Waals surface area contributed by atoms with Crippen molar-refractivity contribution in [2.45, 2.75) is 26.1 Å². The highest BCUT2D eigenvalue weighted by molar-refractivity contribution is 5.90. The van der Waals surface area contributed by atoms with E-state index in [0.29, 0.717) is 0 Å². The summed E-state index contributed by atoms with van der Waals surface area (Å²) in [5.41, 5.74) is 0. The molecule has 0 aromatic carbocycles. The molecule has 0 saturated heterocycles. The lowest BCUT2D eigenvalue weighted by atomic mass is 10.4. The van der Waals surface area contributed by atoms with Gasteiger partial charge in [-0.1, -0.05) is 0 Å². The average Bonchev–Trinajstić information content (AvgIpc) is 1.82. The predicted octanol–water partition coefficient (Wildman–Crippen LogP) is -0.204. The molecule has 0 spiro atoms. The van der Waals surface area contributed by atoms with Crippen LogP contribution in [-0.4, -0.2) is 34.5 Å². The fourth-order valence-corrected chi connectivity index (χ4v) is 0.296. The van der Waals surface area contributed by atoms with Crippen LogP contribution in [0.4, 0.5) is 0 Å². The zero-order chi connectivity index (χ0) is 8.15. The van der Waals surface area contributed by atoms with Gasteiger partial charge in [-0.05, 0) is 13.8 Å². The molecule has 2 atom stereocenters. The second-order valence-corrected chi connectivity index (χ2v) is 2.08.